The predicted molar refractivity (Wildman–Crippen MR) is 69.8 cm³/mol. The highest BCUT2D eigenvalue weighted by molar-refractivity contribution is 5.91. The van der Waals surface area contributed by atoms with Crippen LogP contribution in [0.15, 0.2) is 36.5 Å². The van der Waals surface area contributed by atoms with Gasteiger partial charge in [0.2, 0.25) is 0 Å². The summed E-state index contributed by atoms with van der Waals surface area (Å²) in [4.78, 5) is 11.7. The number of carbonyl (C=O) groups is 1. The third-order valence-electron chi connectivity index (χ3n) is 2.55. The monoisotopic (exact) mass is 260 g/mol. The van der Waals surface area contributed by atoms with Gasteiger partial charge < -0.3 is 10.1 Å². The van der Waals surface area contributed by atoms with E-state index in [9.17, 15) is 4.79 Å². The summed E-state index contributed by atoms with van der Waals surface area (Å²) in [6.07, 6.45) is 1.63. The maximum absolute atomic E-state index is 11.7. The molecule has 6 heteroatoms. The first-order chi connectivity index (χ1) is 9.29. The van der Waals surface area contributed by atoms with Gasteiger partial charge in [0.15, 0.2) is 5.69 Å². The molecule has 0 saturated heterocycles. The topological polar surface area (TPSA) is 69.0 Å². The predicted octanol–water partition coefficient (Wildman–Crippen LogP) is 0.703. The highest BCUT2D eigenvalue weighted by atomic mass is 16.5. The lowest BCUT2D eigenvalue weighted by Crippen LogP contribution is -2.27. The number of hydrogen-bond donors (Lipinski definition) is 1. The molecule has 0 atom stereocenters. The Labute approximate surface area is 111 Å². The van der Waals surface area contributed by atoms with Gasteiger partial charge in [0.1, 0.15) is 0 Å². The Morgan fingerprint density at radius 2 is 2.16 bits per heavy atom. The second-order valence-electron chi connectivity index (χ2n) is 4.04. The van der Waals surface area contributed by atoms with Crippen molar-refractivity contribution in [3.8, 4) is 0 Å². The van der Waals surface area contributed by atoms with Crippen molar-refractivity contribution in [3.05, 3.63) is 47.8 Å². The van der Waals surface area contributed by atoms with Gasteiger partial charge in [-0.05, 0) is 5.56 Å². The van der Waals surface area contributed by atoms with E-state index in [1.54, 1.807) is 18.0 Å². The lowest BCUT2D eigenvalue weighted by molar-refractivity contribution is 0.0932. The summed E-state index contributed by atoms with van der Waals surface area (Å²) >= 11 is 0. The molecule has 1 N–H and O–H groups in total. The molecule has 0 radical (unpaired) electrons. The van der Waals surface area contributed by atoms with Crippen molar-refractivity contribution in [1.82, 2.24) is 20.3 Å². The quantitative estimate of drug-likeness (QED) is 0.776. The van der Waals surface area contributed by atoms with Crippen LogP contribution in [0.3, 0.4) is 0 Å². The average Bonchev–Trinajstić information content (AvgIpc) is 2.89. The largest absolute Gasteiger partial charge is 0.383 e. The Balaban J connectivity index is 1.93. The number of carbonyl (C=O) groups excluding carboxylic acids is 1. The van der Waals surface area contributed by atoms with Gasteiger partial charge >= 0.3 is 0 Å². The van der Waals surface area contributed by atoms with E-state index in [0.717, 1.165) is 5.56 Å². The molecule has 0 saturated carbocycles. The number of methoxy groups -OCH3 is 1. The Kier molecular flexibility index (Phi) is 4.63. The summed E-state index contributed by atoms with van der Waals surface area (Å²) in [6, 6.07) is 9.88. The lowest BCUT2D eigenvalue weighted by Gasteiger charge is -2.01. The molecular formula is C13H16N4O2. The number of ether oxygens (including phenoxy) is 1. The van der Waals surface area contributed by atoms with Gasteiger partial charge in [-0.3, -0.25) is 4.79 Å². The SMILES string of the molecule is COCCNC(=O)c1cn(Cc2ccccc2)nn1. The van der Waals surface area contributed by atoms with Gasteiger partial charge in [0, 0.05) is 13.7 Å². The maximum Gasteiger partial charge on any atom is 0.273 e. The normalized spacial score (nSPS) is 10.4. The summed E-state index contributed by atoms with van der Waals surface area (Å²) in [6.45, 7) is 1.53. The minimum absolute atomic E-state index is 0.239. The third-order valence-corrected chi connectivity index (χ3v) is 2.55. The molecule has 2 rings (SSSR count). The zero-order valence-electron chi connectivity index (χ0n) is 10.7. The van der Waals surface area contributed by atoms with Crippen LogP contribution < -0.4 is 5.32 Å². The van der Waals surface area contributed by atoms with Crippen LogP contribution in [0.5, 0.6) is 0 Å². The Morgan fingerprint density at radius 1 is 1.37 bits per heavy atom. The average molecular weight is 260 g/mol. The van der Waals surface area contributed by atoms with Gasteiger partial charge in [-0.2, -0.15) is 0 Å². The van der Waals surface area contributed by atoms with Crippen molar-refractivity contribution in [3.63, 3.8) is 0 Å². The van der Waals surface area contributed by atoms with E-state index < -0.39 is 0 Å². The summed E-state index contributed by atoms with van der Waals surface area (Å²) in [5.74, 6) is -0.239. The summed E-state index contributed by atoms with van der Waals surface area (Å²) in [5, 5.41) is 10.5. The zero-order valence-corrected chi connectivity index (χ0v) is 10.7. The number of rotatable bonds is 6. The van der Waals surface area contributed by atoms with Crippen LogP contribution in [0.2, 0.25) is 0 Å². The highest BCUT2D eigenvalue weighted by Crippen LogP contribution is 2.02. The van der Waals surface area contributed by atoms with Crippen molar-refractivity contribution in [2.45, 2.75) is 6.54 Å². The van der Waals surface area contributed by atoms with Crippen molar-refractivity contribution < 1.29 is 9.53 Å². The van der Waals surface area contributed by atoms with E-state index in [1.165, 1.54) is 0 Å². The van der Waals surface area contributed by atoms with Gasteiger partial charge in [0.05, 0.1) is 19.3 Å². The number of nitrogens with zero attached hydrogens (tertiary/aromatic N) is 3. The minimum atomic E-state index is -0.239. The van der Waals surface area contributed by atoms with Gasteiger partial charge in [0.25, 0.3) is 5.91 Å². The van der Waals surface area contributed by atoms with Crippen LogP contribution in [0, 0.1) is 0 Å². The van der Waals surface area contributed by atoms with Crippen LogP contribution in [0.1, 0.15) is 16.1 Å². The van der Waals surface area contributed by atoms with Crippen LogP contribution in [-0.2, 0) is 11.3 Å². The van der Waals surface area contributed by atoms with Crippen molar-refractivity contribution in [2.75, 3.05) is 20.3 Å². The number of hydrogen-bond acceptors (Lipinski definition) is 4. The van der Waals surface area contributed by atoms with Crippen molar-refractivity contribution in [1.29, 1.82) is 0 Å². The molecule has 0 aliphatic carbocycles. The fourth-order valence-corrected chi connectivity index (χ4v) is 1.61. The van der Waals surface area contributed by atoms with Gasteiger partial charge in [-0.1, -0.05) is 35.5 Å². The fraction of sp³-hybridized carbons (Fsp3) is 0.308. The minimum Gasteiger partial charge on any atom is -0.383 e. The first-order valence-corrected chi connectivity index (χ1v) is 6.01. The highest BCUT2D eigenvalue weighted by Gasteiger charge is 2.09. The second-order valence-corrected chi connectivity index (χ2v) is 4.04. The third kappa shape index (κ3) is 3.89. The molecule has 1 amide bonds. The summed E-state index contributed by atoms with van der Waals surface area (Å²) in [5.41, 5.74) is 1.42. The Hall–Kier alpha value is -2.21. The smallest absolute Gasteiger partial charge is 0.273 e. The van der Waals surface area contributed by atoms with Crippen molar-refractivity contribution >= 4 is 5.91 Å². The number of benzene rings is 1. The maximum atomic E-state index is 11.7. The van der Waals surface area contributed by atoms with Gasteiger partial charge in [-0.15, -0.1) is 5.10 Å². The van der Waals surface area contributed by atoms with Crippen LogP contribution in [-0.4, -0.2) is 41.2 Å². The Morgan fingerprint density at radius 3 is 2.89 bits per heavy atom. The molecule has 0 fully saturated rings. The van der Waals surface area contributed by atoms with Gasteiger partial charge in [-0.25, -0.2) is 4.68 Å². The first kappa shape index (κ1) is 13.2. The number of nitrogens with one attached hydrogen (secondary N) is 1. The fourth-order valence-electron chi connectivity index (χ4n) is 1.61. The molecule has 1 heterocycles. The first-order valence-electron chi connectivity index (χ1n) is 6.01. The molecular weight excluding hydrogens is 244 g/mol. The lowest BCUT2D eigenvalue weighted by atomic mass is 10.2. The molecule has 2 aromatic rings. The van der Waals surface area contributed by atoms with E-state index >= 15 is 0 Å². The molecule has 0 spiro atoms. The molecule has 100 valence electrons. The number of amides is 1. The molecule has 1 aromatic carbocycles. The molecule has 0 aliphatic rings. The van der Waals surface area contributed by atoms with E-state index in [-0.39, 0.29) is 5.91 Å². The molecule has 0 unspecified atom stereocenters. The summed E-state index contributed by atoms with van der Waals surface area (Å²) < 4.78 is 6.50. The standard InChI is InChI=1S/C13H16N4O2/c1-19-8-7-14-13(18)12-10-17(16-15-12)9-11-5-3-2-4-6-11/h2-6,10H,7-9H2,1H3,(H,14,18). The zero-order chi connectivity index (χ0) is 13.5. The van der Waals surface area contributed by atoms with Crippen molar-refractivity contribution in [2.24, 2.45) is 0 Å². The van der Waals surface area contributed by atoms with Crippen LogP contribution in [0.4, 0.5) is 0 Å². The van der Waals surface area contributed by atoms with E-state index in [1.807, 2.05) is 30.3 Å². The van der Waals surface area contributed by atoms with E-state index in [2.05, 4.69) is 15.6 Å². The van der Waals surface area contributed by atoms with Crippen LogP contribution in [0.25, 0.3) is 0 Å². The molecule has 6 nitrogen and oxygen atoms in total. The number of aromatic nitrogens is 3. The molecule has 0 aliphatic heterocycles. The van der Waals surface area contributed by atoms with E-state index in [0.29, 0.717) is 25.4 Å². The van der Waals surface area contributed by atoms with E-state index in [4.69, 9.17) is 4.74 Å². The molecule has 0 bridgehead atoms. The molecule has 19 heavy (non-hydrogen) atoms. The molecule has 1 aromatic heterocycles. The summed E-state index contributed by atoms with van der Waals surface area (Å²) in [7, 11) is 1.59. The second kappa shape index (κ2) is 6.65. The Bertz CT molecular complexity index is 524. The van der Waals surface area contributed by atoms with Crippen LogP contribution >= 0.6 is 0 Å².